The van der Waals surface area contributed by atoms with Crippen molar-refractivity contribution in [1.29, 1.82) is 0 Å². The average molecular weight is 161 g/mol. The number of carbonyl (C=O) groups is 1. The second-order valence-corrected chi connectivity index (χ2v) is 2.51. The molecule has 0 saturated heterocycles. The Morgan fingerprint density at radius 2 is 1.92 bits per heavy atom. The minimum absolute atomic E-state index is 0.737. The molecule has 0 aliphatic carbocycles. The van der Waals surface area contributed by atoms with Gasteiger partial charge in [-0.15, -0.1) is 0 Å². The van der Waals surface area contributed by atoms with Crippen molar-refractivity contribution in [2.24, 2.45) is 0 Å². The van der Waals surface area contributed by atoms with E-state index in [1.165, 1.54) is 11.6 Å². The van der Waals surface area contributed by atoms with E-state index in [0.29, 0.717) is 0 Å². The van der Waals surface area contributed by atoms with Crippen molar-refractivity contribution >= 4 is 12.0 Å². The monoisotopic (exact) mass is 161 g/mol. The van der Waals surface area contributed by atoms with E-state index in [-0.39, 0.29) is 0 Å². The molecule has 62 valence electrons. The molecule has 0 radical (unpaired) electrons. The number of aldehydes is 1. The molecular formula is C10H11NO. The van der Waals surface area contributed by atoms with Gasteiger partial charge in [0.25, 0.3) is 0 Å². The predicted octanol–water partition coefficient (Wildman–Crippen LogP) is 2.12. The number of aryl methyl sites for hydroxylation is 1. The molecule has 2 nitrogen and oxygen atoms in total. The highest BCUT2D eigenvalue weighted by atomic mass is 16.1. The topological polar surface area (TPSA) is 29.1 Å². The van der Waals surface area contributed by atoms with Crippen LogP contribution in [0.4, 0.5) is 5.69 Å². The summed E-state index contributed by atoms with van der Waals surface area (Å²) in [4.78, 5) is 9.92. The van der Waals surface area contributed by atoms with E-state index in [2.05, 4.69) is 5.32 Å². The fourth-order valence-corrected chi connectivity index (χ4v) is 0.833. The zero-order valence-electron chi connectivity index (χ0n) is 6.95. The Hall–Kier alpha value is -1.57. The molecule has 0 amide bonds. The summed E-state index contributed by atoms with van der Waals surface area (Å²) in [6.07, 6.45) is 3.76. The first-order valence-corrected chi connectivity index (χ1v) is 3.76. The average Bonchev–Trinajstić information content (AvgIpc) is 2.09. The molecule has 12 heavy (non-hydrogen) atoms. The third-order valence-corrected chi connectivity index (χ3v) is 1.48. The van der Waals surface area contributed by atoms with Crippen molar-refractivity contribution in [1.82, 2.24) is 0 Å². The lowest BCUT2D eigenvalue weighted by molar-refractivity contribution is -0.104. The first-order valence-electron chi connectivity index (χ1n) is 3.76. The molecule has 0 saturated carbocycles. The van der Waals surface area contributed by atoms with Gasteiger partial charge >= 0.3 is 0 Å². The lowest BCUT2D eigenvalue weighted by Crippen LogP contribution is -1.86. The Morgan fingerprint density at radius 3 is 2.50 bits per heavy atom. The number of rotatable bonds is 3. The van der Waals surface area contributed by atoms with Crippen molar-refractivity contribution in [2.45, 2.75) is 6.92 Å². The zero-order chi connectivity index (χ0) is 8.81. The van der Waals surface area contributed by atoms with E-state index in [0.717, 1.165) is 12.0 Å². The molecule has 0 spiro atoms. The van der Waals surface area contributed by atoms with Gasteiger partial charge in [-0.05, 0) is 25.1 Å². The van der Waals surface area contributed by atoms with E-state index in [9.17, 15) is 4.79 Å². The molecule has 1 N–H and O–H groups in total. The van der Waals surface area contributed by atoms with Gasteiger partial charge in [0.15, 0.2) is 0 Å². The van der Waals surface area contributed by atoms with Gasteiger partial charge in [-0.3, -0.25) is 4.79 Å². The van der Waals surface area contributed by atoms with Crippen molar-refractivity contribution in [2.75, 3.05) is 5.32 Å². The van der Waals surface area contributed by atoms with Crippen LogP contribution in [0.1, 0.15) is 5.56 Å². The van der Waals surface area contributed by atoms with Gasteiger partial charge in [0.1, 0.15) is 6.29 Å². The Bertz CT molecular complexity index is 274. The second kappa shape index (κ2) is 4.34. The molecule has 2 heteroatoms. The largest absolute Gasteiger partial charge is 0.362 e. The molecule has 0 fully saturated rings. The Labute approximate surface area is 71.9 Å². The van der Waals surface area contributed by atoms with Gasteiger partial charge in [-0.2, -0.15) is 0 Å². The Balaban J connectivity index is 2.58. The molecular weight excluding hydrogens is 150 g/mol. The first kappa shape index (κ1) is 8.53. The van der Waals surface area contributed by atoms with Crippen LogP contribution in [0.25, 0.3) is 0 Å². The third-order valence-electron chi connectivity index (χ3n) is 1.48. The molecule has 1 rings (SSSR count). The fourth-order valence-electron chi connectivity index (χ4n) is 0.833. The normalized spacial score (nSPS) is 10.1. The zero-order valence-corrected chi connectivity index (χ0v) is 6.95. The fraction of sp³-hybridized carbons (Fsp3) is 0.100. The minimum Gasteiger partial charge on any atom is -0.362 e. The number of allylic oxidation sites excluding steroid dienone is 1. The molecule has 0 heterocycles. The van der Waals surface area contributed by atoms with Crippen LogP contribution in [0.15, 0.2) is 36.5 Å². The molecule has 1 aromatic carbocycles. The number of carbonyl (C=O) groups excluding carboxylic acids is 1. The van der Waals surface area contributed by atoms with Gasteiger partial charge in [0, 0.05) is 11.9 Å². The summed E-state index contributed by atoms with van der Waals surface area (Å²) in [5.74, 6) is 0. The van der Waals surface area contributed by atoms with Crippen LogP contribution in [0, 0.1) is 6.92 Å². The summed E-state index contributed by atoms with van der Waals surface area (Å²) in [7, 11) is 0. The van der Waals surface area contributed by atoms with E-state index >= 15 is 0 Å². The summed E-state index contributed by atoms with van der Waals surface area (Å²) < 4.78 is 0. The van der Waals surface area contributed by atoms with Crippen molar-refractivity contribution in [3.8, 4) is 0 Å². The maximum Gasteiger partial charge on any atom is 0.144 e. The van der Waals surface area contributed by atoms with Crippen molar-refractivity contribution in [3.63, 3.8) is 0 Å². The summed E-state index contributed by atoms with van der Waals surface area (Å²) in [6.45, 7) is 2.03. The Morgan fingerprint density at radius 1 is 1.25 bits per heavy atom. The molecule has 0 aromatic heterocycles. The summed E-state index contributed by atoms with van der Waals surface area (Å²) >= 11 is 0. The van der Waals surface area contributed by atoms with Crippen LogP contribution in [-0.2, 0) is 4.79 Å². The molecule has 0 aliphatic rings. The molecule has 0 atom stereocenters. The molecule has 0 aliphatic heterocycles. The Kier molecular flexibility index (Phi) is 3.08. The molecule has 0 bridgehead atoms. The van der Waals surface area contributed by atoms with E-state index in [1.807, 2.05) is 31.2 Å². The standard InChI is InChI=1S/C10H11NO/c1-9-3-5-10(6-4-9)11-7-2-8-12/h2-8,11H,1H3. The van der Waals surface area contributed by atoms with Gasteiger partial charge in [-0.25, -0.2) is 0 Å². The summed E-state index contributed by atoms with van der Waals surface area (Å²) in [6, 6.07) is 7.95. The van der Waals surface area contributed by atoms with E-state index in [4.69, 9.17) is 0 Å². The van der Waals surface area contributed by atoms with Crippen LogP contribution < -0.4 is 5.32 Å². The maximum atomic E-state index is 9.92. The van der Waals surface area contributed by atoms with Crippen LogP contribution in [0.2, 0.25) is 0 Å². The predicted molar refractivity (Wildman–Crippen MR) is 50.0 cm³/mol. The third kappa shape index (κ3) is 2.58. The quantitative estimate of drug-likeness (QED) is 0.543. The van der Waals surface area contributed by atoms with Gasteiger partial charge in [0.05, 0.1) is 0 Å². The lowest BCUT2D eigenvalue weighted by atomic mass is 10.2. The summed E-state index contributed by atoms with van der Waals surface area (Å²) in [5.41, 5.74) is 2.21. The van der Waals surface area contributed by atoms with E-state index < -0.39 is 0 Å². The number of benzene rings is 1. The number of anilines is 1. The van der Waals surface area contributed by atoms with Crippen LogP contribution >= 0.6 is 0 Å². The highest BCUT2D eigenvalue weighted by Gasteiger charge is 1.85. The van der Waals surface area contributed by atoms with Crippen molar-refractivity contribution < 1.29 is 4.79 Å². The first-order chi connectivity index (χ1) is 5.83. The number of nitrogens with one attached hydrogen (secondary N) is 1. The molecule has 0 unspecified atom stereocenters. The van der Waals surface area contributed by atoms with Crippen LogP contribution in [-0.4, -0.2) is 6.29 Å². The highest BCUT2D eigenvalue weighted by Crippen LogP contribution is 2.07. The SMILES string of the molecule is Cc1ccc(NC=CC=O)cc1. The van der Waals surface area contributed by atoms with Crippen molar-refractivity contribution in [3.05, 3.63) is 42.1 Å². The lowest BCUT2D eigenvalue weighted by Gasteiger charge is -1.99. The minimum atomic E-state index is 0.737. The second-order valence-electron chi connectivity index (χ2n) is 2.51. The van der Waals surface area contributed by atoms with Crippen LogP contribution in [0.5, 0.6) is 0 Å². The highest BCUT2D eigenvalue weighted by molar-refractivity contribution is 5.65. The summed E-state index contributed by atoms with van der Waals surface area (Å²) in [5, 5.41) is 2.96. The van der Waals surface area contributed by atoms with Gasteiger partial charge < -0.3 is 5.32 Å². The number of hydrogen-bond acceptors (Lipinski definition) is 2. The molecule has 1 aromatic rings. The van der Waals surface area contributed by atoms with Crippen LogP contribution in [0.3, 0.4) is 0 Å². The van der Waals surface area contributed by atoms with E-state index in [1.54, 1.807) is 6.20 Å². The van der Waals surface area contributed by atoms with Gasteiger partial charge in [-0.1, -0.05) is 17.7 Å². The maximum absolute atomic E-state index is 9.92. The smallest absolute Gasteiger partial charge is 0.144 e. The number of hydrogen-bond donors (Lipinski definition) is 1. The van der Waals surface area contributed by atoms with Gasteiger partial charge in [0.2, 0.25) is 0 Å².